The van der Waals surface area contributed by atoms with Gasteiger partial charge in [0.1, 0.15) is 5.78 Å². The minimum Gasteiger partial charge on any atom is -0.322 e. The van der Waals surface area contributed by atoms with Gasteiger partial charge in [0, 0.05) is 23.6 Å². The summed E-state index contributed by atoms with van der Waals surface area (Å²) in [6, 6.07) is 16.8. The molecule has 0 aliphatic heterocycles. The first-order chi connectivity index (χ1) is 11.3. The molecule has 3 rings (SSSR count). The summed E-state index contributed by atoms with van der Waals surface area (Å²) in [7, 11) is 0. The maximum absolute atomic E-state index is 12.4. The molecule has 1 saturated carbocycles. The number of nitrogens with one attached hydrogen (secondary N) is 1. The third-order valence-electron chi connectivity index (χ3n) is 4.43. The van der Waals surface area contributed by atoms with Crippen molar-refractivity contribution in [3.8, 4) is 0 Å². The third kappa shape index (κ3) is 3.67. The monoisotopic (exact) mass is 307 g/mol. The maximum atomic E-state index is 12.4. The van der Waals surface area contributed by atoms with E-state index in [1.807, 2.05) is 42.5 Å². The van der Waals surface area contributed by atoms with Crippen LogP contribution in [0.15, 0.2) is 54.6 Å². The third-order valence-corrected chi connectivity index (χ3v) is 4.43. The van der Waals surface area contributed by atoms with Crippen molar-refractivity contribution in [3.63, 3.8) is 0 Å². The first-order valence-corrected chi connectivity index (χ1v) is 8.24. The lowest BCUT2D eigenvalue weighted by atomic mass is 9.89. The van der Waals surface area contributed by atoms with Crippen LogP contribution in [0.2, 0.25) is 0 Å². The molecule has 1 aliphatic rings. The smallest absolute Gasteiger partial charge is 0.255 e. The normalized spacial score (nSPS) is 18.3. The zero-order valence-corrected chi connectivity index (χ0v) is 13.1. The van der Waals surface area contributed by atoms with Gasteiger partial charge in [-0.3, -0.25) is 9.59 Å². The summed E-state index contributed by atoms with van der Waals surface area (Å²) in [5, 5.41) is 2.97. The highest BCUT2D eigenvalue weighted by atomic mass is 16.1. The summed E-state index contributed by atoms with van der Waals surface area (Å²) < 4.78 is 0. The molecule has 0 saturated heterocycles. The van der Waals surface area contributed by atoms with E-state index in [4.69, 9.17) is 0 Å². The van der Waals surface area contributed by atoms with Crippen LogP contribution in [0.5, 0.6) is 0 Å². The molecule has 0 bridgehead atoms. The van der Waals surface area contributed by atoms with E-state index in [1.54, 1.807) is 12.1 Å². The quantitative estimate of drug-likeness (QED) is 0.845. The SMILES string of the molecule is O=C(Nc1ccccc1C1CCCCCC1=O)c1ccccc1. The van der Waals surface area contributed by atoms with Crippen LogP contribution >= 0.6 is 0 Å². The van der Waals surface area contributed by atoms with Crippen molar-refractivity contribution in [1.82, 2.24) is 0 Å². The number of anilines is 1. The molecule has 23 heavy (non-hydrogen) atoms. The Morgan fingerprint density at radius 2 is 1.65 bits per heavy atom. The number of carbonyl (C=O) groups is 2. The van der Waals surface area contributed by atoms with Gasteiger partial charge in [-0.2, -0.15) is 0 Å². The summed E-state index contributed by atoms with van der Waals surface area (Å²) in [6.07, 6.45) is 4.68. The molecule has 3 nitrogen and oxygen atoms in total. The van der Waals surface area contributed by atoms with Crippen LogP contribution in [0.4, 0.5) is 5.69 Å². The largest absolute Gasteiger partial charge is 0.322 e. The van der Waals surface area contributed by atoms with Gasteiger partial charge in [-0.15, -0.1) is 0 Å². The molecule has 1 unspecified atom stereocenters. The molecule has 2 aromatic rings. The average Bonchev–Trinajstić information content (AvgIpc) is 2.81. The number of para-hydroxylation sites is 1. The van der Waals surface area contributed by atoms with Crippen molar-refractivity contribution in [1.29, 1.82) is 0 Å². The second-order valence-electron chi connectivity index (χ2n) is 6.03. The van der Waals surface area contributed by atoms with Gasteiger partial charge in [0.15, 0.2) is 0 Å². The number of benzene rings is 2. The van der Waals surface area contributed by atoms with E-state index in [9.17, 15) is 9.59 Å². The van der Waals surface area contributed by atoms with Gasteiger partial charge in [-0.05, 0) is 36.6 Å². The van der Waals surface area contributed by atoms with Crippen molar-refractivity contribution in [2.75, 3.05) is 5.32 Å². The lowest BCUT2D eigenvalue weighted by Crippen LogP contribution is -2.17. The molecule has 0 heterocycles. The second kappa shape index (κ2) is 7.23. The fourth-order valence-electron chi connectivity index (χ4n) is 3.19. The molecule has 1 N–H and O–H groups in total. The fourth-order valence-corrected chi connectivity index (χ4v) is 3.19. The zero-order chi connectivity index (χ0) is 16.1. The Labute approximate surface area is 136 Å². The van der Waals surface area contributed by atoms with E-state index in [2.05, 4.69) is 5.32 Å². The molecule has 3 heteroatoms. The summed E-state index contributed by atoms with van der Waals surface area (Å²) in [5.41, 5.74) is 2.32. The molecule has 1 amide bonds. The van der Waals surface area contributed by atoms with E-state index in [1.165, 1.54) is 0 Å². The Morgan fingerprint density at radius 1 is 0.913 bits per heavy atom. The van der Waals surface area contributed by atoms with Crippen LogP contribution < -0.4 is 5.32 Å². The first-order valence-electron chi connectivity index (χ1n) is 8.24. The van der Waals surface area contributed by atoms with Crippen LogP contribution in [-0.2, 0) is 4.79 Å². The number of rotatable bonds is 3. The Morgan fingerprint density at radius 3 is 2.48 bits per heavy atom. The lowest BCUT2D eigenvalue weighted by molar-refractivity contribution is -0.120. The number of hydrogen-bond acceptors (Lipinski definition) is 2. The standard InChI is InChI=1S/C20H21NO2/c22-19-14-6-2-5-12-17(19)16-11-7-8-13-18(16)21-20(23)15-9-3-1-4-10-15/h1,3-4,7-11,13,17H,2,5-6,12,14H2,(H,21,23). The van der Waals surface area contributed by atoms with Crippen LogP contribution in [0, 0.1) is 0 Å². The van der Waals surface area contributed by atoms with Gasteiger partial charge < -0.3 is 5.32 Å². The molecule has 2 aromatic carbocycles. The van der Waals surface area contributed by atoms with Crippen molar-refractivity contribution in [2.45, 2.75) is 38.0 Å². The Hall–Kier alpha value is -2.42. The van der Waals surface area contributed by atoms with Crippen molar-refractivity contribution in [3.05, 3.63) is 65.7 Å². The van der Waals surface area contributed by atoms with Gasteiger partial charge in [0.05, 0.1) is 0 Å². The summed E-state index contributed by atoms with van der Waals surface area (Å²) >= 11 is 0. The van der Waals surface area contributed by atoms with Gasteiger partial charge in [0.2, 0.25) is 0 Å². The number of hydrogen-bond donors (Lipinski definition) is 1. The van der Waals surface area contributed by atoms with Gasteiger partial charge in [0.25, 0.3) is 5.91 Å². The van der Waals surface area contributed by atoms with Gasteiger partial charge in [-0.1, -0.05) is 49.2 Å². The molecular weight excluding hydrogens is 286 g/mol. The number of ketones is 1. The molecule has 118 valence electrons. The van der Waals surface area contributed by atoms with Crippen LogP contribution in [0.3, 0.4) is 0 Å². The summed E-state index contributed by atoms with van der Waals surface area (Å²) in [6.45, 7) is 0. The molecule has 0 spiro atoms. The highest BCUT2D eigenvalue weighted by Crippen LogP contribution is 2.33. The summed E-state index contributed by atoms with van der Waals surface area (Å²) in [4.78, 5) is 24.8. The topological polar surface area (TPSA) is 46.2 Å². The Bertz CT molecular complexity index is 694. The van der Waals surface area contributed by atoms with E-state index in [0.29, 0.717) is 17.8 Å². The van der Waals surface area contributed by atoms with E-state index in [0.717, 1.165) is 36.9 Å². The van der Waals surface area contributed by atoms with Crippen molar-refractivity contribution < 1.29 is 9.59 Å². The molecule has 1 atom stereocenters. The second-order valence-corrected chi connectivity index (χ2v) is 6.03. The van der Waals surface area contributed by atoms with E-state index in [-0.39, 0.29) is 11.8 Å². The molecular formula is C20H21NO2. The number of amides is 1. The predicted molar refractivity (Wildman–Crippen MR) is 91.7 cm³/mol. The Kier molecular flexibility index (Phi) is 4.86. The maximum Gasteiger partial charge on any atom is 0.255 e. The minimum atomic E-state index is -0.140. The average molecular weight is 307 g/mol. The van der Waals surface area contributed by atoms with Crippen molar-refractivity contribution in [2.24, 2.45) is 0 Å². The van der Waals surface area contributed by atoms with Crippen LogP contribution in [0.1, 0.15) is 53.9 Å². The molecule has 0 radical (unpaired) electrons. The zero-order valence-electron chi connectivity index (χ0n) is 13.1. The van der Waals surface area contributed by atoms with E-state index >= 15 is 0 Å². The number of carbonyl (C=O) groups excluding carboxylic acids is 2. The van der Waals surface area contributed by atoms with Gasteiger partial charge >= 0.3 is 0 Å². The fraction of sp³-hybridized carbons (Fsp3) is 0.300. The molecule has 0 aromatic heterocycles. The highest BCUT2D eigenvalue weighted by molar-refractivity contribution is 6.05. The number of Topliss-reactive ketones (excluding diaryl/α,β-unsaturated/α-hetero) is 1. The predicted octanol–water partition coefficient (Wildman–Crippen LogP) is 4.56. The van der Waals surface area contributed by atoms with Crippen molar-refractivity contribution >= 4 is 17.4 Å². The highest BCUT2D eigenvalue weighted by Gasteiger charge is 2.25. The van der Waals surface area contributed by atoms with Crippen LogP contribution in [-0.4, -0.2) is 11.7 Å². The minimum absolute atomic E-state index is 0.0928. The molecule has 1 fully saturated rings. The molecule has 1 aliphatic carbocycles. The lowest BCUT2D eigenvalue weighted by Gasteiger charge is -2.18. The van der Waals surface area contributed by atoms with E-state index < -0.39 is 0 Å². The summed E-state index contributed by atoms with van der Waals surface area (Å²) in [5.74, 6) is 0.0628. The van der Waals surface area contributed by atoms with Gasteiger partial charge in [-0.25, -0.2) is 0 Å². The van der Waals surface area contributed by atoms with Crippen LogP contribution in [0.25, 0.3) is 0 Å². The first kappa shape index (κ1) is 15.5. The Balaban J connectivity index is 1.86.